The van der Waals surface area contributed by atoms with E-state index in [1.807, 2.05) is 19.0 Å². The summed E-state index contributed by atoms with van der Waals surface area (Å²) in [5, 5.41) is 11.8. The van der Waals surface area contributed by atoms with Crippen molar-refractivity contribution >= 4 is 40.7 Å². The molecule has 2 aromatic rings. The number of carbonyl (C=O) groups excluding carboxylic acids is 2. The van der Waals surface area contributed by atoms with Crippen LogP contribution in [0.2, 0.25) is 10.0 Å². The Morgan fingerprint density at radius 2 is 1.80 bits per heavy atom. The van der Waals surface area contributed by atoms with E-state index < -0.39 is 17.7 Å². The van der Waals surface area contributed by atoms with E-state index in [0.29, 0.717) is 35.0 Å². The molecule has 1 unspecified atom stereocenters. The maximum Gasteiger partial charge on any atom is 0.295 e. The number of hydrogen-bond donors (Lipinski definition) is 1. The van der Waals surface area contributed by atoms with Crippen LogP contribution in [-0.2, 0) is 9.59 Å². The summed E-state index contributed by atoms with van der Waals surface area (Å²) < 4.78 is 5.14. The molecule has 0 spiro atoms. The van der Waals surface area contributed by atoms with Crippen molar-refractivity contribution in [2.75, 3.05) is 34.3 Å². The van der Waals surface area contributed by atoms with E-state index in [0.717, 1.165) is 0 Å². The standard InChI is InChI=1S/C22H22Cl2N2O4/c1-25(2)10-11-26-19(13-4-7-15(23)8-5-13)18(21(28)22(26)29)20(27)14-6-9-17(30-3)16(24)12-14/h4-9,12,19,27H,10-11H2,1-3H3/b20-18-. The third-order valence-electron chi connectivity index (χ3n) is 4.94. The van der Waals surface area contributed by atoms with E-state index in [4.69, 9.17) is 27.9 Å². The van der Waals surface area contributed by atoms with E-state index >= 15 is 0 Å². The van der Waals surface area contributed by atoms with E-state index in [-0.39, 0.29) is 16.4 Å². The number of methoxy groups -OCH3 is 1. The molecule has 1 heterocycles. The number of nitrogens with zero attached hydrogens (tertiary/aromatic N) is 2. The number of amides is 1. The summed E-state index contributed by atoms with van der Waals surface area (Å²) in [6.45, 7) is 0.885. The van der Waals surface area contributed by atoms with Gasteiger partial charge in [-0.15, -0.1) is 0 Å². The number of ether oxygens (including phenoxy) is 1. The van der Waals surface area contributed by atoms with Gasteiger partial charge in [0.2, 0.25) is 0 Å². The molecular weight excluding hydrogens is 427 g/mol. The second kappa shape index (κ2) is 9.08. The molecule has 0 aliphatic carbocycles. The number of carbonyl (C=O) groups is 2. The normalized spacial score (nSPS) is 18.3. The number of hydrogen-bond acceptors (Lipinski definition) is 5. The number of rotatable bonds is 6. The summed E-state index contributed by atoms with van der Waals surface area (Å²) in [5.74, 6) is -1.24. The molecular formula is C22H22Cl2N2O4. The van der Waals surface area contributed by atoms with Gasteiger partial charge in [-0.25, -0.2) is 0 Å². The van der Waals surface area contributed by atoms with Gasteiger partial charge in [0.15, 0.2) is 0 Å². The van der Waals surface area contributed by atoms with E-state index in [9.17, 15) is 14.7 Å². The highest BCUT2D eigenvalue weighted by Crippen LogP contribution is 2.40. The lowest BCUT2D eigenvalue weighted by Crippen LogP contribution is -2.35. The molecule has 0 saturated carbocycles. The first-order valence-corrected chi connectivity index (χ1v) is 10.0. The van der Waals surface area contributed by atoms with Crippen molar-refractivity contribution in [2.45, 2.75) is 6.04 Å². The van der Waals surface area contributed by atoms with Crippen LogP contribution in [0.25, 0.3) is 5.76 Å². The van der Waals surface area contributed by atoms with Crippen LogP contribution in [0.5, 0.6) is 5.75 Å². The van der Waals surface area contributed by atoms with Gasteiger partial charge in [0.1, 0.15) is 11.5 Å². The number of likely N-dealkylation sites (N-methyl/N-ethyl adjacent to an activating group) is 1. The van der Waals surface area contributed by atoms with Crippen LogP contribution in [0.15, 0.2) is 48.0 Å². The highest BCUT2D eigenvalue weighted by atomic mass is 35.5. The minimum atomic E-state index is -0.738. The first-order chi connectivity index (χ1) is 14.2. The van der Waals surface area contributed by atoms with Crippen LogP contribution < -0.4 is 4.74 Å². The molecule has 1 fully saturated rings. The summed E-state index contributed by atoms with van der Waals surface area (Å²) in [6.07, 6.45) is 0. The van der Waals surface area contributed by atoms with Crippen LogP contribution in [0, 0.1) is 0 Å². The minimum absolute atomic E-state index is 0.0160. The summed E-state index contributed by atoms with van der Waals surface area (Å²) in [4.78, 5) is 29.1. The molecule has 1 amide bonds. The minimum Gasteiger partial charge on any atom is -0.507 e. The largest absolute Gasteiger partial charge is 0.507 e. The Morgan fingerprint density at radius 3 is 2.37 bits per heavy atom. The molecule has 1 atom stereocenters. The van der Waals surface area contributed by atoms with Gasteiger partial charge >= 0.3 is 0 Å². The Morgan fingerprint density at radius 1 is 1.13 bits per heavy atom. The number of halogens is 2. The second-order valence-electron chi connectivity index (χ2n) is 7.20. The maximum absolute atomic E-state index is 12.9. The Labute approximate surface area is 185 Å². The van der Waals surface area contributed by atoms with Crippen LogP contribution in [0.1, 0.15) is 17.2 Å². The van der Waals surface area contributed by atoms with Crippen molar-refractivity contribution in [2.24, 2.45) is 0 Å². The molecule has 3 rings (SSSR count). The van der Waals surface area contributed by atoms with Gasteiger partial charge in [-0.3, -0.25) is 9.59 Å². The van der Waals surface area contributed by atoms with Gasteiger partial charge in [-0.1, -0.05) is 35.3 Å². The van der Waals surface area contributed by atoms with Gasteiger partial charge in [-0.05, 0) is 50.0 Å². The second-order valence-corrected chi connectivity index (χ2v) is 8.04. The predicted molar refractivity (Wildman–Crippen MR) is 117 cm³/mol. The van der Waals surface area contributed by atoms with Gasteiger partial charge in [0.25, 0.3) is 11.7 Å². The first kappa shape index (κ1) is 22.2. The molecule has 8 heteroatoms. The third-order valence-corrected chi connectivity index (χ3v) is 5.49. The lowest BCUT2D eigenvalue weighted by Gasteiger charge is -2.26. The summed E-state index contributed by atoms with van der Waals surface area (Å²) in [6, 6.07) is 10.8. The van der Waals surface area contributed by atoms with Gasteiger partial charge in [0.05, 0.1) is 23.7 Å². The average molecular weight is 449 g/mol. The molecule has 1 aliphatic rings. The molecule has 6 nitrogen and oxygen atoms in total. The van der Waals surface area contributed by atoms with Gasteiger partial charge in [-0.2, -0.15) is 0 Å². The monoisotopic (exact) mass is 448 g/mol. The number of Topliss-reactive ketones (excluding diaryl/α,β-unsaturated/α-hetero) is 1. The highest BCUT2D eigenvalue weighted by molar-refractivity contribution is 6.46. The number of ketones is 1. The molecule has 1 saturated heterocycles. The lowest BCUT2D eigenvalue weighted by atomic mass is 9.95. The fourth-order valence-corrected chi connectivity index (χ4v) is 3.76. The molecule has 1 aliphatic heterocycles. The quantitative estimate of drug-likeness (QED) is 0.411. The zero-order chi connectivity index (χ0) is 22.0. The SMILES string of the molecule is COc1ccc(/C(O)=C2/C(=O)C(=O)N(CCN(C)C)C2c2ccc(Cl)cc2)cc1Cl. The van der Waals surface area contributed by atoms with Crippen LogP contribution in [-0.4, -0.2) is 60.9 Å². The topological polar surface area (TPSA) is 70.1 Å². The summed E-state index contributed by atoms with van der Waals surface area (Å²) >= 11 is 12.2. The fraction of sp³-hybridized carbons (Fsp3) is 0.273. The Kier molecular flexibility index (Phi) is 6.71. The number of aliphatic hydroxyl groups excluding tert-OH is 1. The van der Waals surface area contributed by atoms with Gasteiger partial charge < -0.3 is 19.6 Å². The third kappa shape index (κ3) is 4.31. The zero-order valence-corrected chi connectivity index (χ0v) is 18.4. The molecule has 0 bridgehead atoms. The fourth-order valence-electron chi connectivity index (χ4n) is 3.38. The highest BCUT2D eigenvalue weighted by Gasteiger charge is 2.45. The van der Waals surface area contributed by atoms with Gasteiger partial charge in [0, 0.05) is 23.7 Å². The van der Waals surface area contributed by atoms with Crippen molar-refractivity contribution < 1.29 is 19.4 Å². The number of benzene rings is 2. The van der Waals surface area contributed by atoms with Crippen molar-refractivity contribution in [1.29, 1.82) is 0 Å². The molecule has 0 radical (unpaired) electrons. The van der Waals surface area contributed by atoms with Crippen molar-refractivity contribution in [1.82, 2.24) is 9.80 Å². The Bertz CT molecular complexity index is 1000. The lowest BCUT2D eigenvalue weighted by molar-refractivity contribution is -0.140. The number of likely N-dealkylation sites (tertiary alicyclic amines) is 1. The van der Waals surface area contributed by atoms with Crippen LogP contribution >= 0.6 is 23.2 Å². The Balaban J connectivity index is 2.14. The maximum atomic E-state index is 12.9. The van der Waals surface area contributed by atoms with Crippen LogP contribution in [0.3, 0.4) is 0 Å². The van der Waals surface area contributed by atoms with E-state index in [1.165, 1.54) is 18.1 Å². The van der Waals surface area contributed by atoms with Crippen molar-refractivity contribution in [3.8, 4) is 5.75 Å². The molecule has 158 valence electrons. The molecule has 2 aromatic carbocycles. The smallest absolute Gasteiger partial charge is 0.295 e. The number of aliphatic hydroxyl groups is 1. The Hall–Kier alpha value is -2.54. The average Bonchev–Trinajstić information content (AvgIpc) is 2.96. The summed E-state index contributed by atoms with van der Waals surface area (Å²) in [7, 11) is 5.25. The molecule has 1 N–H and O–H groups in total. The molecule has 30 heavy (non-hydrogen) atoms. The predicted octanol–water partition coefficient (Wildman–Crippen LogP) is 3.99. The summed E-state index contributed by atoms with van der Waals surface area (Å²) in [5.41, 5.74) is 1.02. The van der Waals surface area contributed by atoms with Crippen molar-refractivity contribution in [3.63, 3.8) is 0 Å². The van der Waals surface area contributed by atoms with Crippen molar-refractivity contribution in [3.05, 3.63) is 69.2 Å². The van der Waals surface area contributed by atoms with Crippen LogP contribution in [0.4, 0.5) is 0 Å². The molecule has 0 aromatic heterocycles. The zero-order valence-electron chi connectivity index (χ0n) is 16.9. The first-order valence-electron chi connectivity index (χ1n) is 9.27. The van der Waals surface area contributed by atoms with E-state index in [1.54, 1.807) is 36.4 Å². The van der Waals surface area contributed by atoms with E-state index in [2.05, 4.69) is 0 Å².